The fourth-order valence-corrected chi connectivity index (χ4v) is 3.25. The zero-order chi connectivity index (χ0) is 22.8. The average Bonchev–Trinajstić information content (AvgIpc) is 2.82. The molecule has 0 atom stereocenters. The number of ether oxygens (including phenoxy) is 1. The van der Waals surface area contributed by atoms with Gasteiger partial charge < -0.3 is 25.6 Å². The van der Waals surface area contributed by atoms with Crippen LogP contribution in [0.25, 0.3) is 0 Å². The van der Waals surface area contributed by atoms with Gasteiger partial charge in [-0.15, -0.1) is 0 Å². The molecule has 2 aromatic carbocycles. The Hall–Kier alpha value is -3.55. The lowest BCUT2D eigenvalue weighted by molar-refractivity contribution is -0.121. The van der Waals surface area contributed by atoms with Crippen LogP contribution in [0, 0.1) is 0 Å². The average molecular weight is 439 g/mol. The van der Waals surface area contributed by atoms with Gasteiger partial charge in [0.15, 0.2) is 0 Å². The zero-order valence-corrected chi connectivity index (χ0v) is 18.4. The summed E-state index contributed by atoms with van der Waals surface area (Å²) < 4.78 is 5.58. The minimum Gasteiger partial charge on any atom is -0.494 e. The maximum atomic E-state index is 12.2. The zero-order valence-electron chi connectivity index (χ0n) is 18.4. The normalized spacial score (nSPS) is 13.3. The van der Waals surface area contributed by atoms with Crippen molar-refractivity contribution in [2.75, 3.05) is 37.7 Å². The predicted molar refractivity (Wildman–Crippen MR) is 123 cm³/mol. The molecule has 2 aromatic rings. The van der Waals surface area contributed by atoms with Gasteiger partial charge in [0.25, 0.3) is 5.91 Å². The van der Waals surface area contributed by atoms with Crippen molar-refractivity contribution in [2.24, 2.45) is 0 Å². The Kier molecular flexibility index (Phi) is 8.48. The minimum atomic E-state index is -0.310. The summed E-state index contributed by atoms with van der Waals surface area (Å²) in [6.45, 7) is 4.77. The number of carbonyl (C=O) groups excluding carboxylic acids is 3. The third kappa shape index (κ3) is 7.01. The number of carbonyl (C=O) groups is 3. The Balaban J connectivity index is 1.39. The first-order valence-electron chi connectivity index (χ1n) is 10.9. The van der Waals surface area contributed by atoms with Crippen molar-refractivity contribution < 1.29 is 19.1 Å². The molecule has 1 saturated heterocycles. The summed E-state index contributed by atoms with van der Waals surface area (Å²) in [4.78, 5) is 37.9. The van der Waals surface area contributed by atoms with Crippen LogP contribution in [0.15, 0.2) is 48.5 Å². The fourth-order valence-electron chi connectivity index (χ4n) is 3.25. The molecule has 3 amide bonds. The number of nitrogens with zero attached hydrogens (tertiary/aromatic N) is 1. The monoisotopic (exact) mass is 438 g/mol. The van der Waals surface area contributed by atoms with Crippen molar-refractivity contribution in [1.29, 1.82) is 0 Å². The molecule has 0 radical (unpaired) electrons. The number of benzene rings is 2. The van der Waals surface area contributed by atoms with E-state index < -0.39 is 0 Å². The number of nitrogens with one attached hydrogen (secondary N) is 3. The lowest BCUT2D eigenvalue weighted by atomic mass is 10.2. The van der Waals surface area contributed by atoms with Crippen LogP contribution in [0.1, 0.15) is 35.7 Å². The molecule has 3 N–H and O–H groups in total. The van der Waals surface area contributed by atoms with Gasteiger partial charge >= 0.3 is 0 Å². The van der Waals surface area contributed by atoms with Gasteiger partial charge in [0, 0.05) is 30.9 Å². The third-order valence-corrected chi connectivity index (χ3v) is 5.12. The maximum Gasteiger partial charge on any atom is 0.251 e. The van der Waals surface area contributed by atoms with Crippen molar-refractivity contribution in [3.05, 3.63) is 59.7 Å². The van der Waals surface area contributed by atoms with Crippen LogP contribution in [0.3, 0.4) is 0 Å². The van der Waals surface area contributed by atoms with E-state index in [-0.39, 0.29) is 24.3 Å². The molecule has 0 unspecified atom stereocenters. The standard InChI is InChI=1S/C24H30N4O4/c1-2-3-14-32-21-10-6-19(7-11-21)24(31)27-16-22(29)26-15-18-4-8-20(9-5-18)28-13-12-25-23(30)17-28/h4-11H,2-3,12-17H2,1H3,(H,25,30)(H,26,29)(H,27,31). The van der Waals surface area contributed by atoms with E-state index >= 15 is 0 Å². The fraction of sp³-hybridized carbons (Fsp3) is 0.375. The van der Waals surface area contributed by atoms with Gasteiger partial charge in [-0.3, -0.25) is 14.4 Å². The van der Waals surface area contributed by atoms with Crippen LogP contribution >= 0.6 is 0 Å². The van der Waals surface area contributed by atoms with Crippen LogP contribution in [0.4, 0.5) is 5.69 Å². The molecule has 8 nitrogen and oxygen atoms in total. The summed E-state index contributed by atoms with van der Waals surface area (Å²) in [6.07, 6.45) is 2.05. The molecule has 8 heteroatoms. The molecule has 1 aliphatic heterocycles. The lowest BCUT2D eigenvalue weighted by Crippen LogP contribution is -2.47. The van der Waals surface area contributed by atoms with Gasteiger partial charge in [0.1, 0.15) is 5.75 Å². The van der Waals surface area contributed by atoms with Gasteiger partial charge in [-0.2, -0.15) is 0 Å². The molecule has 1 aliphatic rings. The van der Waals surface area contributed by atoms with Gasteiger partial charge in [0.2, 0.25) is 11.8 Å². The van der Waals surface area contributed by atoms with Crippen LogP contribution in [0.5, 0.6) is 5.75 Å². The molecule has 0 aromatic heterocycles. The molecular formula is C24H30N4O4. The van der Waals surface area contributed by atoms with E-state index in [1.54, 1.807) is 24.3 Å². The topological polar surface area (TPSA) is 99.8 Å². The van der Waals surface area contributed by atoms with Crippen LogP contribution in [-0.4, -0.2) is 50.5 Å². The largest absolute Gasteiger partial charge is 0.494 e. The second kappa shape index (κ2) is 11.7. The number of amides is 3. The summed E-state index contributed by atoms with van der Waals surface area (Å²) in [7, 11) is 0. The molecule has 3 rings (SSSR count). The van der Waals surface area contributed by atoms with Crippen LogP contribution in [-0.2, 0) is 16.1 Å². The molecule has 1 fully saturated rings. The van der Waals surface area contributed by atoms with E-state index in [0.717, 1.165) is 36.4 Å². The SMILES string of the molecule is CCCCOc1ccc(C(=O)NCC(=O)NCc2ccc(N3CCNC(=O)C3)cc2)cc1. The number of hydrogen-bond donors (Lipinski definition) is 3. The van der Waals surface area contributed by atoms with E-state index in [2.05, 4.69) is 22.9 Å². The van der Waals surface area contributed by atoms with Crippen molar-refractivity contribution in [3.63, 3.8) is 0 Å². The summed E-state index contributed by atoms with van der Waals surface area (Å²) in [6, 6.07) is 14.6. The first-order chi connectivity index (χ1) is 15.5. The van der Waals surface area contributed by atoms with E-state index in [9.17, 15) is 14.4 Å². The van der Waals surface area contributed by atoms with E-state index in [4.69, 9.17) is 4.74 Å². The Morgan fingerprint density at radius 1 is 1.06 bits per heavy atom. The van der Waals surface area contributed by atoms with Crippen molar-refractivity contribution in [1.82, 2.24) is 16.0 Å². The Morgan fingerprint density at radius 2 is 1.81 bits per heavy atom. The highest BCUT2D eigenvalue weighted by Gasteiger charge is 2.16. The second-order valence-corrected chi connectivity index (χ2v) is 7.62. The minimum absolute atomic E-state index is 0.0193. The van der Waals surface area contributed by atoms with Crippen LogP contribution < -0.4 is 25.6 Å². The second-order valence-electron chi connectivity index (χ2n) is 7.62. The summed E-state index contributed by atoms with van der Waals surface area (Å²) in [5.74, 6) is 0.165. The number of unbranched alkanes of at least 4 members (excludes halogenated alkanes) is 1. The summed E-state index contributed by atoms with van der Waals surface area (Å²) in [5, 5.41) is 8.23. The number of piperazine rings is 1. The highest BCUT2D eigenvalue weighted by molar-refractivity contribution is 5.96. The highest BCUT2D eigenvalue weighted by Crippen LogP contribution is 2.16. The Bertz CT molecular complexity index is 913. The molecule has 0 bridgehead atoms. The van der Waals surface area contributed by atoms with Gasteiger partial charge in [-0.05, 0) is 48.4 Å². The Labute approximate surface area is 188 Å². The maximum absolute atomic E-state index is 12.2. The van der Waals surface area contributed by atoms with E-state index in [1.165, 1.54) is 0 Å². The molecule has 0 spiro atoms. The summed E-state index contributed by atoms with van der Waals surface area (Å²) in [5.41, 5.74) is 2.39. The number of rotatable bonds is 10. The van der Waals surface area contributed by atoms with Gasteiger partial charge in [-0.25, -0.2) is 0 Å². The van der Waals surface area contributed by atoms with Crippen molar-refractivity contribution in [3.8, 4) is 5.75 Å². The molecule has 170 valence electrons. The van der Waals surface area contributed by atoms with Crippen LogP contribution in [0.2, 0.25) is 0 Å². The first kappa shape index (κ1) is 23.1. The highest BCUT2D eigenvalue weighted by atomic mass is 16.5. The molecular weight excluding hydrogens is 408 g/mol. The van der Waals surface area contributed by atoms with E-state index in [1.807, 2.05) is 29.2 Å². The first-order valence-corrected chi connectivity index (χ1v) is 10.9. The van der Waals surface area contributed by atoms with Crippen molar-refractivity contribution >= 4 is 23.4 Å². The lowest BCUT2D eigenvalue weighted by Gasteiger charge is -2.28. The van der Waals surface area contributed by atoms with Gasteiger partial charge in [-0.1, -0.05) is 25.5 Å². The number of hydrogen-bond acceptors (Lipinski definition) is 5. The van der Waals surface area contributed by atoms with Gasteiger partial charge in [0.05, 0.1) is 19.7 Å². The molecule has 32 heavy (non-hydrogen) atoms. The quantitative estimate of drug-likeness (QED) is 0.492. The van der Waals surface area contributed by atoms with Crippen molar-refractivity contribution in [2.45, 2.75) is 26.3 Å². The molecule has 0 aliphatic carbocycles. The molecule has 1 heterocycles. The molecule has 0 saturated carbocycles. The smallest absolute Gasteiger partial charge is 0.251 e. The predicted octanol–water partition coefficient (Wildman–Crippen LogP) is 1.85. The van der Waals surface area contributed by atoms with E-state index in [0.29, 0.717) is 31.8 Å². The Morgan fingerprint density at radius 3 is 2.50 bits per heavy atom. The summed E-state index contributed by atoms with van der Waals surface area (Å²) >= 11 is 0. The number of anilines is 1. The third-order valence-electron chi connectivity index (χ3n) is 5.12.